The summed E-state index contributed by atoms with van der Waals surface area (Å²) in [6, 6.07) is 16.4. The van der Waals surface area contributed by atoms with Gasteiger partial charge in [0.05, 0.1) is 0 Å². The highest BCUT2D eigenvalue weighted by molar-refractivity contribution is 5.78. The minimum atomic E-state index is -0.233. The third-order valence-corrected chi connectivity index (χ3v) is 3.56. The molecule has 1 aliphatic rings. The molecule has 0 fully saturated rings. The molecule has 0 spiro atoms. The van der Waals surface area contributed by atoms with Crippen molar-refractivity contribution in [3.8, 4) is 11.1 Å². The monoisotopic (exact) mass is 239 g/mol. The predicted octanol–water partition coefficient (Wildman–Crippen LogP) is 3.47. The van der Waals surface area contributed by atoms with Gasteiger partial charge < -0.3 is 0 Å². The summed E-state index contributed by atoms with van der Waals surface area (Å²) in [5.41, 5.74) is 4.89. The normalized spacial score (nSPS) is 13.1. The highest BCUT2D eigenvalue weighted by atomic mass is 16.6. The molecule has 0 aliphatic heterocycles. The van der Waals surface area contributed by atoms with E-state index in [1.165, 1.54) is 22.3 Å². The Bertz CT molecular complexity index is 561. The van der Waals surface area contributed by atoms with Gasteiger partial charge in [0, 0.05) is 17.3 Å². The fourth-order valence-electron chi connectivity index (χ4n) is 2.81. The number of hydrogen-bond acceptors (Lipinski definition) is 2. The van der Waals surface area contributed by atoms with E-state index in [1.807, 2.05) is 24.3 Å². The summed E-state index contributed by atoms with van der Waals surface area (Å²) in [5.74, 6) is 0.169. The molecule has 0 unspecified atom stereocenters. The molecule has 0 heterocycles. The van der Waals surface area contributed by atoms with E-state index in [0.29, 0.717) is 6.42 Å². The fourth-order valence-corrected chi connectivity index (χ4v) is 2.81. The lowest BCUT2D eigenvalue weighted by molar-refractivity contribution is -0.480. The van der Waals surface area contributed by atoms with Crippen molar-refractivity contribution in [3.63, 3.8) is 0 Å². The molecule has 18 heavy (non-hydrogen) atoms. The molecule has 0 radical (unpaired) electrons. The Morgan fingerprint density at radius 1 is 0.944 bits per heavy atom. The Kier molecular flexibility index (Phi) is 2.59. The van der Waals surface area contributed by atoms with E-state index in [-0.39, 0.29) is 17.4 Å². The first-order valence-corrected chi connectivity index (χ1v) is 6.07. The van der Waals surface area contributed by atoms with Crippen LogP contribution in [0.2, 0.25) is 0 Å². The molecule has 0 atom stereocenters. The summed E-state index contributed by atoms with van der Waals surface area (Å²) in [6.07, 6.45) is 0.570. The second-order valence-electron chi connectivity index (χ2n) is 4.57. The molecule has 2 aromatic rings. The topological polar surface area (TPSA) is 43.1 Å². The first-order chi connectivity index (χ1) is 8.77. The van der Waals surface area contributed by atoms with Crippen LogP contribution in [0.5, 0.6) is 0 Å². The molecule has 1 aliphatic carbocycles. The second-order valence-corrected chi connectivity index (χ2v) is 4.57. The molecule has 0 bridgehead atoms. The minimum Gasteiger partial charge on any atom is -0.265 e. The Morgan fingerprint density at radius 3 is 1.94 bits per heavy atom. The van der Waals surface area contributed by atoms with E-state index in [4.69, 9.17) is 0 Å². The molecular weight excluding hydrogens is 226 g/mol. The number of rotatable bonds is 3. The number of benzene rings is 2. The van der Waals surface area contributed by atoms with E-state index in [0.717, 1.165) is 0 Å². The third-order valence-electron chi connectivity index (χ3n) is 3.56. The van der Waals surface area contributed by atoms with Gasteiger partial charge in [0.1, 0.15) is 0 Å². The summed E-state index contributed by atoms with van der Waals surface area (Å²) in [4.78, 5) is 10.4. The van der Waals surface area contributed by atoms with E-state index in [1.54, 1.807) is 0 Å². The maximum absolute atomic E-state index is 10.6. The summed E-state index contributed by atoms with van der Waals surface area (Å²) < 4.78 is 0. The molecule has 3 rings (SSSR count). The van der Waals surface area contributed by atoms with Crippen molar-refractivity contribution < 1.29 is 4.92 Å². The van der Waals surface area contributed by atoms with Crippen LogP contribution in [0.15, 0.2) is 48.5 Å². The zero-order valence-corrected chi connectivity index (χ0v) is 9.87. The van der Waals surface area contributed by atoms with Crippen molar-refractivity contribution in [3.05, 3.63) is 69.8 Å². The largest absolute Gasteiger partial charge is 0.265 e. The molecular formula is C15H13NO2. The predicted molar refractivity (Wildman–Crippen MR) is 70.2 cm³/mol. The first-order valence-electron chi connectivity index (χ1n) is 6.07. The molecule has 0 aromatic heterocycles. The smallest absolute Gasteiger partial charge is 0.204 e. The van der Waals surface area contributed by atoms with E-state index < -0.39 is 0 Å². The molecule has 3 heteroatoms. The van der Waals surface area contributed by atoms with Gasteiger partial charge in [-0.1, -0.05) is 48.5 Å². The Hall–Kier alpha value is -2.16. The number of nitrogens with zero attached hydrogens (tertiary/aromatic N) is 1. The van der Waals surface area contributed by atoms with Crippen LogP contribution in [-0.4, -0.2) is 11.5 Å². The van der Waals surface area contributed by atoms with Crippen molar-refractivity contribution in [1.29, 1.82) is 0 Å². The second kappa shape index (κ2) is 4.26. The molecule has 90 valence electrons. The molecule has 2 aromatic carbocycles. The number of hydrogen-bond donors (Lipinski definition) is 0. The van der Waals surface area contributed by atoms with Gasteiger partial charge in [0.2, 0.25) is 6.54 Å². The van der Waals surface area contributed by atoms with Gasteiger partial charge in [-0.05, 0) is 22.3 Å². The van der Waals surface area contributed by atoms with Crippen LogP contribution >= 0.6 is 0 Å². The molecule has 0 N–H and O–H groups in total. The van der Waals surface area contributed by atoms with Crippen LogP contribution in [-0.2, 0) is 0 Å². The average molecular weight is 239 g/mol. The van der Waals surface area contributed by atoms with Crippen molar-refractivity contribution in [2.24, 2.45) is 0 Å². The minimum absolute atomic E-state index is 0.0212. The standard InChI is InChI=1S/C15H13NO2/c17-16(18)10-9-15-13-7-3-1-5-11(13)12-6-2-4-8-14(12)15/h1-8,15H,9-10H2. The van der Waals surface area contributed by atoms with Crippen LogP contribution in [0.1, 0.15) is 23.5 Å². The zero-order valence-electron chi connectivity index (χ0n) is 9.87. The molecule has 3 nitrogen and oxygen atoms in total. The van der Waals surface area contributed by atoms with Gasteiger partial charge in [-0.2, -0.15) is 0 Å². The summed E-state index contributed by atoms with van der Waals surface area (Å²) >= 11 is 0. The molecule has 0 amide bonds. The van der Waals surface area contributed by atoms with E-state index >= 15 is 0 Å². The van der Waals surface area contributed by atoms with Gasteiger partial charge in [-0.15, -0.1) is 0 Å². The van der Waals surface area contributed by atoms with Crippen molar-refractivity contribution >= 4 is 0 Å². The zero-order chi connectivity index (χ0) is 12.5. The van der Waals surface area contributed by atoms with Crippen LogP contribution in [0.25, 0.3) is 11.1 Å². The SMILES string of the molecule is O=[N+]([O-])CCC1c2ccccc2-c2ccccc21. The van der Waals surface area contributed by atoms with Gasteiger partial charge >= 0.3 is 0 Å². The van der Waals surface area contributed by atoms with Gasteiger partial charge in [0.15, 0.2) is 0 Å². The fraction of sp³-hybridized carbons (Fsp3) is 0.200. The lowest BCUT2D eigenvalue weighted by atomic mass is 9.94. The third kappa shape index (κ3) is 1.68. The Balaban J connectivity index is 2.06. The van der Waals surface area contributed by atoms with Crippen LogP contribution in [0.4, 0.5) is 0 Å². The maximum atomic E-state index is 10.6. The number of nitro groups is 1. The van der Waals surface area contributed by atoms with Crippen molar-refractivity contribution in [2.45, 2.75) is 12.3 Å². The maximum Gasteiger partial charge on any atom is 0.204 e. The van der Waals surface area contributed by atoms with Crippen molar-refractivity contribution in [2.75, 3.05) is 6.54 Å². The van der Waals surface area contributed by atoms with Crippen LogP contribution in [0.3, 0.4) is 0 Å². The van der Waals surface area contributed by atoms with E-state index in [2.05, 4.69) is 24.3 Å². The van der Waals surface area contributed by atoms with Crippen LogP contribution in [0, 0.1) is 10.1 Å². The number of fused-ring (bicyclic) bond motifs is 3. The van der Waals surface area contributed by atoms with Crippen LogP contribution < -0.4 is 0 Å². The lowest BCUT2D eigenvalue weighted by Crippen LogP contribution is -2.06. The highest BCUT2D eigenvalue weighted by Crippen LogP contribution is 2.45. The van der Waals surface area contributed by atoms with Gasteiger partial charge in [-0.3, -0.25) is 10.1 Å². The van der Waals surface area contributed by atoms with Crippen molar-refractivity contribution in [1.82, 2.24) is 0 Å². The Morgan fingerprint density at radius 2 is 1.44 bits per heavy atom. The van der Waals surface area contributed by atoms with Gasteiger partial charge in [-0.25, -0.2) is 0 Å². The molecule has 0 saturated heterocycles. The quantitative estimate of drug-likeness (QED) is 0.608. The Labute approximate surface area is 105 Å². The summed E-state index contributed by atoms with van der Waals surface area (Å²) in [5, 5.41) is 10.6. The van der Waals surface area contributed by atoms with Gasteiger partial charge in [0.25, 0.3) is 0 Å². The summed E-state index contributed by atoms with van der Waals surface area (Å²) in [7, 11) is 0. The molecule has 0 saturated carbocycles. The summed E-state index contributed by atoms with van der Waals surface area (Å²) in [6.45, 7) is 0.0212. The first kappa shape index (κ1) is 11.0. The average Bonchev–Trinajstić information content (AvgIpc) is 2.71. The highest BCUT2D eigenvalue weighted by Gasteiger charge is 2.28. The lowest BCUT2D eigenvalue weighted by Gasteiger charge is -2.10. The van der Waals surface area contributed by atoms with E-state index in [9.17, 15) is 10.1 Å².